The largest absolute Gasteiger partial charge is 0.495 e. The minimum Gasteiger partial charge on any atom is -0.495 e. The minimum absolute atomic E-state index is 0.102. The van der Waals surface area contributed by atoms with E-state index in [2.05, 4.69) is 12.2 Å². The Morgan fingerprint density at radius 2 is 2.07 bits per heavy atom. The smallest absolute Gasteiger partial charge is 0.256 e. The molecule has 1 aliphatic rings. The molecule has 0 fully saturated rings. The van der Waals surface area contributed by atoms with Gasteiger partial charge in [0, 0.05) is 24.4 Å². The Hall–Kier alpha value is -1.90. The number of amides is 1. The van der Waals surface area contributed by atoms with Crippen molar-refractivity contribution < 1.29 is 17.9 Å². The lowest BCUT2D eigenvalue weighted by atomic mass is 9.88. The number of ether oxygens (including phenoxy) is 1. The van der Waals surface area contributed by atoms with Crippen LogP contribution < -0.4 is 10.1 Å². The molecule has 27 heavy (non-hydrogen) atoms. The van der Waals surface area contributed by atoms with Crippen molar-refractivity contribution in [2.45, 2.75) is 31.1 Å². The molecule has 1 amide bonds. The fraction of sp³-hybridized carbons (Fsp3) is 0.421. The van der Waals surface area contributed by atoms with Crippen LogP contribution in [0.4, 0.5) is 5.69 Å². The maximum Gasteiger partial charge on any atom is 0.256 e. The number of fused-ring (bicyclic) bond motifs is 1. The summed E-state index contributed by atoms with van der Waals surface area (Å²) in [6.07, 6.45) is 2.98. The van der Waals surface area contributed by atoms with Gasteiger partial charge in [0.2, 0.25) is 10.0 Å². The van der Waals surface area contributed by atoms with Crippen LogP contribution in [0.5, 0.6) is 5.75 Å². The summed E-state index contributed by atoms with van der Waals surface area (Å²) in [6.45, 7) is 2.23. The third-order valence-corrected chi connectivity index (χ3v) is 7.71. The number of hydrogen-bond donors (Lipinski definition) is 1. The summed E-state index contributed by atoms with van der Waals surface area (Å²) < 4.78 is 31.2. The van der Waals surface area contributed by atoms with E-state index in [0.717, 1.165) is 29.1 Å². The maximum absolute atomic E-state index is 12.9. The monoisotopic (exact) mass is 408 g/mol. The molecule has 0 saturated carbocycles. The second-order valence-electron chi connectivity index (χ2n) is 7.00. The van der Waals surface area contributed by atoms with Gasteiger partial charge in [0.05, 0.1) is 23.3 Å². The molecule has 0 aliphatic heterocycles. The van der Waals surface area contributed by atoms with Crippen LogP contribution in [0.15, 0.2) is 28.5 Å². The van der Waals surface area contributed by atoms with Gasteiger partial charge < -0.3 is 10.1 Å². The van der Waals surface area contributed by atoms with Crippen LogP contribution in [-0.2, 0) is 22.9 Å². The van der Waals surface area contributed by atoms with Crippen molar-refractivity contribution >= 4 is 33.0 Å². The van der Waals surface area contributed by atoms with Gasteiger partial charge in [-0.15, -0.1) is 11.3 Å². The number of rotatable bonds is 5. The van der Waals surface area contributed by atoms with Crippen LogP contribution in [0, 0.1) is 5.92 Å². The lowest BCUT2D eigenvalue weighted by Gasteiger charge is -2.19. The van der Waals surface area contributed by atoms with Gasteiger partial charge in [-0.1, -0.05) is 6.92 Å². The summed E-state index contributed by atoms with van der Waals surface area (Å²) in [5, 5.41) is 4.73. The Morgan fingerprint density at radius 1 is 1.33 bits per heavy atom. The number of sulfonamides is 1. The molecular weight excluding hydrogens is 384 g/mol. The molecule has 0 saturated heterocycles. The van der Waals surface area contributed by atoms with E-state index in [1.54, 1.807) is 17.4 Å². The van der Waals surface area contributed by atoms with E-state index >= 15 is 0 Å². The molecule has 8 heteroatoms. The molecule has 146 valence electrons. The molecule has 0 unspecified atom stereocenters. The number of hydrogen-bond acceptors (Lipinski definition) is 5. The van der Waals surface area contributed by atoms with Gasteiger partial charge in [0.1, 0.15) is 5.75 Å². The Bertz CT molecular complexity index is 964. The molecule has 1 aromatic heterocycles. The molecule has 6 nitrogen and oxygen atoms in total. The Kier molecular flexibility index (Phi) is 5.60. The highest BCUT2D eigenvalue weighted by molar-refractivity contribution is 7.89. The number of benzene rings is 1. The van der Waals surface area contributed by atoms with Crippen molar-refractivity contribution in [3.8, 4) is 5.75 Å². The van der Waals surface area contributed by atoms with E-state index in [4.69, 9.17) is 4.74 Å². The lowest BCUT2D eigenvalue weighted by Crippen LogP contribution is -2.22. The lowest BCUT2D eigenvalue weighted by molar-refractivity contribution is 0.102. The van der Waals surface area contributed by atoms with E-state index in [1.165, 1.54) is 38.2 Å². The van der Waals surface area contributed by atoms with E-state index in [-0.39, 0.29) is 10.8 Å². The quantitative estimate of drug-likeness (QED) is 0.823. The van der Waals surface area contributed by atoms with Gasteiger partial charge in [0.15, 0.2) is 0 Å². The second-order valence-corrected chi connectivity index (χ2v) is 10.1. The molecule has 1 aliphatic carbocycles. The fourth-order valence-electron chi connectivity index (χ4n) is 3.21. The molecule has 1 atom stereocenters. The van der Waals surface area contributed by atoms with Crippen molar-refractivity contribution in [2.24, 2.45) is 5.92 Å². The van der Waals surface area contributed by atoms with Crippen molar-refractivity contribution in [3.63, 3.8) is 0 Å². The molecule has 1 aromatic carbocycles. The SMILES string of the molecule is COc1ccc(S(=O)(=O)N(C)C)cc1NC(=O)c1csc2c1CC[C@@H](C)C2. The highest BCUT2D eigenvalue weighted by Crippen LogP contribution is 2.34. The Morgan fingerprint density at radius 3 is 2.74 bits per heavy atom. The predicted molar refractivity (Wildman–Crippen MR) is 107 cm³/mol. The summed E-state index contributed by atoms with van der Waals surface area (Å²) in [4.78, 5) is 14.2. The van der Waals surface area contributed by atoms with E-state index in [1.807, 2.05) is 5.38 Å². The molecule has 0 spiro atoms. The average molecular weight is 409 g/mol. The van der Waals surface area contributed by atoms with Crippen LogP contribution in [0.2, 0.25) is 0 Å². The number of thiophene rings is 1. The normalized spacial score (nSPS) is 16.9. The number of anilines is 1. The fourth-order valence-corrected chi connectivity index (χ4v) is 5.39. The van der Waals surface area contributed by atoms with Gasteiger partial charge in [-0.25, -0.2) is 12.7 Å². The zero-order valence-corrected chi connectivity index (χ0v) is 17.5. The zero-order valence-electron chi connectivity index (χ0n) is 15.9. The van der Waals surface area contributed by atoms with Crippen molar-refractivity contribution in [1.29, 1.82) is 0 Å². The van der Waals surface area contributed by atoms with Crippen LogP contribution in [0.1, 0.15) is 34.1 Å². The standard InChI is InChI=1S/C19H24N2O4S2/c1-12-5-7-14-15(11-26-18(14)9-12)19(22)20-16-10-13(6-8-17(16)25-4)27(23,24)21(2)3/h6,8,10-12H,5,7,9H2,1-4H3,(H,20,22)/t12-/m1/s1. The van der Waals surface area contributed by atoms with Crippen LogP contribution in [-0.4, -0.2) is 39.8 Å². The zero-order chi connectivity index (χ0) is 19.8. The molecule has 1 heterocycles. The van der Waals surface area contributed by atoms with E-state index in [0.29, 0.717) is 22.9 Å². The van der Waals surface area contributed by atoms with Crippen LogP contribution in [0.25, 0.3) is 0 Å². The van der Waals surface area contributed by atoms with Crippen molar-refractivity contribution in [3.05, 3.63) is 39.6 Å². The maximum atomic E-state index is 12.9. The topological polar surface area (TPSA) is 75.7 Å². The van der Waals surface area contributed by atoms with Gasteiger partial charge in [0.25, 0.3) is 5.91 Å². The van der Waals surface area contributed by atoms with Gasteiger partial charge >= 0.3 is 0 Å². The predicted octanol–water partition coefficient (Wildman–Crippen LogP) is 3.38. The summed E-state index contributed by atoms with van der Waals surface area (Å²) >= 11 is 1.62. The first-order valence-corrected chi connectivity index (χ1v) is 11.1. The summed E-state index contributed by atoms with van der Waals surface area (Å²) in [5.41, 5.74) is 2.13. The first kappa shape index (κ1) is 19.9. The highest BCUT2D eigenvalue weighted by atomic mass is 32.2. The molecule has 2 aromatic rings. The number of nitrogens with one attached hydrogen (secondary N) is 1. The van der Waals surface area contributed by atoms with Crippen molar-refractivity contribution in [2.75, 3.05) is 26.5 Å². The van der Waals surface area contributed by atoms with Gasteiger partial charge in [-0.3, -0.25) is 4.79 Å². The molecule has 0 radical (unpaired) electrons. The van der Waals surface area contributed by atoms with Crippen molar-refractivity contribution in [1.82, 2.24) is 4.31 Å². The summed E-state index contributed by atoms with van der Waals surface area (Å²) in [7, 11) is 0.817. The number of carbonyl (C=O) groups excluding carboxylic acids is 1. The minimum atomic E-state index is -3.61. The van der Waals surface area contributed by atoms with Crippen LogP contribution in [0.3, 0.4) is 0 Å². The third-order valence-electron chi connectivity index (χ3n) is 4.84. The van der Waals surface area contributed by atoms with E-state index < -0.39 is 10.0 Å². The molecule has 3 rings (SSSR count). The van der Waals surface area contributed by atoms with Crippen LogP contribution >= 0.6 is 11.3 Å². The van der Waals surface area contributed by atoms with Gasteiger partial charge in [-0.2, -0.15) is 0 Å². The second kappa shape index (κ2) is 7.61. The first-order chi connectivity index (χ1) is 12.7. The average Bonchev–Trinajstić information content (AvgIpc) is 3.04. The highest BCUT2D eigenvalue weighted by Gasteiger charge is 2.25. The third kappa shape index (κ3) is 3.88. The Labute approximate surface area is 164 Å². The van der Waals surface area contributed by atoms with Gasteiger partial charge in [-0.05, 0) is 48.9 Å². The first-order valence-electron chi connectivity index (χ1n) is 8.75. The number of methoxy groups -OCH3 is 1. The molecule has 0 bridgehead atoms. The number of nitrogens with zero attached hydrogens (tertiary/aromatic N) is 1. The Balaban J connectivity index is 1.92. The number of carbonyl (C=O) groups is 1. The molecule has 1 N–H and O–H groups in total. The summed E-state index contributed by atoms with van der Waals surface area (Å²) in [5.74, 6) is 0.818. The summed E-state index contributed by atoms with van der Waals surface area (Å²) in [6, 6.07) is 4.46. The van der Waals surface area contributed by atoms with E-state index in [9.17, 15) is 13.2 Å². The molecular formula is C19H24N2O4S2.